The molecule has 1 aromatic rings. The summed E-state index contributed by atoms with van der Waals surface area (Å²) in [6, 6.07) is 5.60. The predicted molar refractivity (Wildman–Crippen MR) is 66.5 cm³/mol. The van der Waals surface area contributed by atoms with Gasteiger partial charge in [0.25, 0.3) is 5.91 Å². The van der Waals surface area contributed by atoms with Crippen LogP contribution in [-0.4, -0.2) is 26.2 Å². The summed E-state index contributed by atoms with van der Waals surface area (Å²) in [6.07, 6.45) is 0.916. The molecule has 0 saturated carbocycles. The molecule has 0 aliphatic heterocycles. The van der Waals surface area contributed by atoms with Crippen LogP contribution in [0, 0.1) is 6.92 Å². The van der Waals surface area contributed by atoms with Gasteiger partial charge in [-0.1, -0.05) is 13.0 Å². The summed E-state index contributed by atoms with van der Waals surface area (Å²) in [5.74, 6) is 1.12. The van der Waals surface area contributed by atoms with Crippen LogP contribution in [0.5, 0.6) is 11.5 Å². The monoisotopic (exact) mass is 237 g/mol. The minimum atomic E-state index is -0.116. The molecule has 4 heteroatoms. The van der Waals surface area contributed by atoms with E-state index < -0.39 is 0 Å². The molecule has 0 heterocycles. The van der Waals surface area contributed by atoms with Crippen molar-refractivity contribution in [2.75, 3.05) is 20.3 Å². The molecule has 94 valence electrons. The smallest absolute Gasteiger partial charge is 0.257 e. The number of carbonyl (C=O) groups excluding carboxylic acids is 1. The average molecular weight is 237 g/mol. The number of hydrogen-bond donors (Lipinski definition) is 1. The second-order valence-corrected chi connectivity index (χ2v) is 3.79. The molecule has 0 aliphatic carbocycles. The van der Waals surface area contributed by atoms with Crippen molar-refractivity contribution >= 4 is 5.91 Å². The molecular formula is C13H19NO3. The maximum atomic E-state index is 11.4. The molecule has 0 radical (unpaired) electrons. The molecule has 0 unspecified atom stereocenters. The third-order valence-corrected chi connectivity index (χ3v) is 2.25. The van der Waals surface area contributed by atoms with E-state index in [1.54, 1.807) is 13.2 Å². The van der Waals surface area contributed by atoms with Crippen LogP contribution in [0.3, 0.4) is 0 Å². The lowest BCUT2D eigenvalue weighted by atomic mass is 10.2. The van der Waals surface area contributed by atoms with Crippen molar-refractivity contribution in [1.82, 2.24) is 5.32 Å². The summed E-state index contributed by atoms with van der Waals surface area (Å²) in [4.78, 5) is 11.4. The molecular weight excluding hydrogens is 218 g/mol. The zero-order chi connectivity index (χ0) is 12.7. The fourth-order valence-electron chi connectivity index (χ4n) is 1.35. The molecule has 1 N–H and O–H groups in total. The number of benzene rings is 1. The van der Waals surface area contributed by atoms with Crippen molar-refractivity contribution in [2.45, 2.75) is 20.3 Å². The largest absolute Gasteiger partial charge is 0.493 e. The molecule has 0 atom stereocenters. The van der Waals surface area contributed by atoms with Gasteiger partial charge < -0.3 is 14.8 Å². The van der Waals surface area contributed by atoms with Crippen LogP contribution in [0.2, 0.25) is 0 Å². The van der Waals surface area contributed by atoms with Crippen LogP contribution >= 0.6 is 0 Å². The maximum absolute atomic E-state index is 11.4. The Hall–Kier alpha value is -1.71. The van der Waals surface area contributed by atoms with Crippen molar-refractivity contribution < 1.29 is 14.3 Å². The molecule has 1 aromatic carbocycles. The molecule has 4 nitrogen and oxygen atoms in total. The van der Waals surface area contributed by atoms with Gasteiger partial charge in [0, 0.05) is 6.54 Å². The van der Waals surface area contributed by atoms with E-state index >= 15 is 0 Å². The second kappa shape index (κ2) is 6.78. The number of ether oxygens (including phenoxy) is 2. The first kappa shape index (κ1) is 13.4. The Balaban J connectivity index is 2.54. The van der Waals surface area contributed by atoms with E-state index in [1.807, 2.05) is 26.0 Å². The van der Waals surface area contributed by atoms with E-state index in [-0.39, 0.29) is 12.5 Å². The molecule has 1 rings (SSSR count). The molecule has 17 heavy (non-hydrogen) atoms. The Morgan fingerprint density at radius 1 is 1.35 bits per heavy atom. The summed E-state index contributed by atoms with van der Waals surface area (Å²) in [5.41, 5.74) is 1.09. The van der Waals surface area contributed by atoms with Gasteiger partial charge in [0.05, 0.1) is 7.11 Å². The average Bonchev–Trinajstić information content (AvgIpc) is 2.34. The molecule has 0 saturated heterocycles. The number of aryl methyl sites for hydroxylation is 1. The van der Waals surface area contributed by atoms with Gasteiger partial charge in [0.2, 0.25) is 0 Å². The minimum absolute atomic E-state index is 0.0133. The standard InChI is InChI=1S/C13H19NO3/c1-4-7-14-13(15)9-17-11-6-5-10(2)8-12(11)16-3/h5-6,8H,4,7,9H2,1-3H3,(H,14,15). The first-order valence-corrected chi connectivity index (χ1v) is 5.71. The highest BCUT2D eigenvalue weighted by atomic mass is 16.5. The summed E-state index contributed by atoms with van der Waals surface area (Å²) < 4.78 is 10.6. The summed E-state index contributed by atoms with van der Waals surface area (Å²) in [7, 11) is 1.58. The SMILES string of the molecule is CCCNC(=O)COc1ccc(C)cc1OC. The van der Waals surface area contributed by atoms with Crippen LogP contribution in [0.1, 0.15) is 18.9 Å². The first-order chi connectivity index (χ1) is 8.17. The van der Waals surface area contributed by atoms with Gasteiger partial charge in [-0.05, 0) is 31.0 Å². The lowest BCUT2D eigenvalue weighted by molar-refractivity contribution is -0.123. The Morgan fingerprint density at radius 3 is 2.76 bits per heavy atom. The Bertz CT molecular complexity index is 377. The number of rotatable bonds is 6. The van der Waals surface area contributed by atoms with E-state index in [1.165, 1.54) is 0 Å². The van der Waals surface area contributed by atoms with E-state index in [9.17, 15) is 4.79 Å². The zero-order valence-electron chi connectivity index (χ0n) is 10.6. The van der Waals surface area contributed by atoms with Gasteiger partial charge in [-0.2, -0.15) is 0 Å². The lowest BCUT2D eigenvalue weighted by Gasteiger charge is -2.11. The van der Waals surface area contributed by atoms with Gasteiger partial charge in [0.1, 0.15) is 0 Å². The van der Waals surface area contributed by atoms with Crippen molar-refractivity contribution in [3.63, 3.8) is 0 Å². The van der Waals surface area contributed by atoms with Crippen molar-refractivity contribution in [1.29, 1.82) is 0 Å². The van der Waals surface area contributed by atoms with Crippen LogP contribution < -0.4 is 14.8 Å². The van der Waals surface area contributed by atoms with Gasteiger partial charge in [-0.25, -0.2) is 0 Å². The van der Waals surface area contributed by atoms with Crippen LogP contribution in [0.4, 0.5) is 0 Å². The lowest BCUT2D eigenvalue weighted by Crippen LogP contribution is -2.29. The van der Waals surface area contributed by atoms with Crippen LogP contribution in [0.15, 0.2) is 18.2 Å². The highest BCUT2D eigenvalue weighted by Crippen LogP contribution is 2.27. The zero-order valence-corrected chi connectivity index (χ0v) is 10.6. The fraction of sp³-hybridized carbons (Fsp3) is 0.462. The van der Waals surface area contributed by atoms with E-state index in [4.69, 9.17) is 9.47 Å². The molecule has 0 fully saturated rings. The fourth-order valence-corrected chi connectivity index (χ4v) is 1.35. The van der Waals surface area contributed by atoms with E-state index in [0.29, 0.717) is 18.0 Å². The minimum Gasteiger partial charge on any atom is -0.493 e. The number of carbonyl (C=O) groups is 1. The molecule has 1 amide bonds. The maximum Gasteiger partial charge on any atom is 0.257 e. The van der Waals surface area contributed by atoms with E-state index in [0.717, 1.165) is 12.0 Å². The van der Waals surface area contributed by atoms with Gasteiger partial charge in [0.15, 0.2) is 18.1 Å². The van der Waals surface area contributed by atoms with Gasteiger partial charge in [-0.15, -0.1) is 0 Å². The molecule has 0 aromatic heterocycles. The van der Waals surface area contributed by atoms with Crippen molar-refractivity contribution in [3.05, 3.63) is 23.8 Å². The van der Waals surface area contributed by atoms with E-state index in [2.05, 4.69) is 5.32 Å². The Labute approximate surface area is 102 Å². The molecule has 0 bridgehead atoms. The van der Waals surface area contributed by atoms with Crippen molar-refractivity contribution in [2.24, 2.45) is 0 Å². The number of nitrogens with one attached hydrogen (secondary N) is 1. The summed E-state index contributed by atoms with van der Waals surface area (Å²) in [6.45, 7) is 4.66. The highest BCUT2D eigenvalue weighted by molar-refractivity contribution is 5.77. The Kier molecular flexibility index (Phi) is 5.33. The van der Waals surface area contributed by atoms with Crippen molar-refractivity contribution in [3.8, 4) is 11.5 Å². The number of amides is 1. The number of hydrogen-bond acceptors (Lipinski definition) is 3. The second-order valence-electron chi connectivity index (χ2n) is 3.79. The van der Waals surface area contributed by atoms with Gasteiger partial charge >= 0.3 is 0 Å². The van der Waals surface area contributed by atoms with Crippen LogP contribution in [0.25, 0.3) is 0 Å². The van der Waals surface area contributed by atoms with Gasteiger partial charge in [-0.3, -0.25) is 4.79 Å². The summed E-state index contributed by atoms with van der Waals surface area (Å²) in [5, 5.41) is 2.75. The first-order valence-electron chi connectivity index (χ1n) is 5.71. The topological polar surface area (TPSA) is 47.6 Å². The highest BCUT2D eigenvalue weighted by Gasteiger charge is 2.06. The normalized spacial score (nSPS) is 9.82. The summed E-state index contributed by atoms with van der Waals surface area (Å²) >= 11 is 0. The Morgan fingerprint density at radius 2 is 2.12 bits per heavy atom. The molecule has 0 aliphatic rings. The number of methoxy groups -OCH3 is 1. The molecule has 0 spiro atoms. The third kappa shape index (κ3) is 4.34. The quantitative estimate of drug-likeness (QED) is 0.822. The predicted octanol–water partition coefficient (Wildman–Crippen LogP) is 1.91. The van der Waals surface area contributed by atoms with Crippen LogP contribution in [-0.2, 0) is 4.79 Å². The third-order valence-electron chi connectivity index (χ3n) is 2.25.